The van der Waals surface area contributed by atoms with Crippen molar-refractivity contribution >= 4 is 33.3 Å². The molecule has 0 radical (unpaired) electrons. The third-order valence-electron chi connectivity index (χ3n) is 10.3. The van der Waals surface area contributed by atoms with Gasteiger partial charge >= 0.3 is 0 Å². The highest BCUT2D eigenvalue weighted by Crippen LogP contribution is 2.60. The molecule has 218 valence electrons. The van der Waals surface area contributed by atoms with Crippen molar-refractivity contribution in [2.45, 2.75) is 37.7 Å². The minimum atomic E-state index is -0.857. The molecule has 3 heteroatoms. The zero-order valence-electron chi connectivity index (χ0n) is 25.7. The highest BCUT2D eigenvalue weighted by Gasteiger charge is 2.46. The van der Waals surface area contributed by atoms with E-state index in [9.17, 15) is 0 Å². The summed E-state index contributed by atoms with van der Waals surface area (Å²) in [4.78, 5) is 3.82. The van der Waals surface area contributed by atoms with Crippen molar-refractivity contribution in [2.24, 2.45) is 0 Å². The number of rotatable bonds is 5. The van der Waals surface area contributed by atoms with Crippen LogP contribution in [-0.2, 0) is 11.0 Å². The molecule has 45 heavy (non-hydrogen) atoms. The number of ether oxygens (including phenoxy) is 2. The van der Waals surface area contributed by atoms with Crippen molar-refractivity contribution in [1.82, 2.24) is 0 Å². The lowest BCUT2D eigenvalue weighted by atomic mass is 9.71. The van der Waals surface area contributed by atoms with Gasteiger partial charge in [-0.15, -0.1) is 0 Å². The Morgan fingerprint density at radius 1 is 0.756 bits per heavy atom. The number of fused-ring (bicyclic) bond motifs is 9. The predicted octanol–water partition coefficient (Wildman–Crippen LogP) is 11.0. The average molecular weight is 584 g/mol. The summed E-state index contributed by atoms with van der Waals surface area (Å²) < 4.78 is 13.0. The molecule has 8 rings (SSSR count). The van der Waals surface area contributed by atoms with E-state index in [0.29, 0.717) is 5.69 Å². The van der Waals surface area contributed by atoms with Gasteiger partial charge in [0.25, 0.3) is 0 Å². The van der Waals surface area contributed by atoms with Gasteiger partial charge in [-0.1, -0.05) is 111 Å². The molecule has 0 fully saturated rings. The lowest BCUT2D eigenvalue weighted by molar-refractivity contribution is 0.163. The van der Waals surface area contributed by atoms with E-state index in [-0.39, 0.29) is 5.41 Å². The normalized spacial score (nSPS) is 17.3. The summed E-state index contributed by atoms with van der Waals surface area (Å²) in [6.07, 6.45) is 6.42. The van der Waals surface area contributed by atoms with E-state index in [1.165, 1.54) is 38.4 Å². The molecule has 3 nitrogen and oxygen atoms in total. The predicted molar refractivity (Wildman–Crippen MR) is 184 cm³/mol. The molecule has 0 amide bonds. The number of nitrogens with zero attached hydrogens (tertiary/aromatic N) is 1. The zero-order valence-corrected chi connectivity index (χ0v) is 25.7. The molecule has 6 aromatic rings. The molecule has 1 unspecified atom stereocenters. The lowest BCUT2D eigenvalue weighted by Gasteiger charge is -2.39. The van der Waals surface area contributed by atoms with Crippen LogP contribution in [0.5, 0.6) is 11.5 Å². The standard InChI is InChI=1S/C42H33NO2/c1-5-41(6-2)37-26-31(43-3)19-22-35(37)38-33-13-9-10-14-34(33)40-36(39(38)41)23-24-42(45-40,29-17-20-32(44-4)21-18-29)30-16-15-27-11-7-8-12-28(27)25-30/h7-26H,5-6H2,1-2,4H3. The van der Waals surface area contributed by atoms with E-state index in [0.717, 1.165) is 46.4 Å². The monoisotopic (exact) mass is 583 g/mol. The summed E-state index contributed by atoms with van der Waals surface area (Å²) in [6, 6.07) is 38.3. The smallest absolute Gasteiger partial charge is 0.187 e. The van der Waals surface area contributed by atoms with Crippen LogP contribution in [0.3, 0.4) is 0 Å². The Kier molecular flexibility index (Phi) is 6.12. The van der Waals surface area contributed by atoms with Crippen molar-refractivity contribution in [2.75, 3.05) is 7.11 Å². The van der Waals surface area contributed by atoms with Crippen LogP contribution in [0.25, 0.3) is 43.6 Å². The largest absolute Gasteiger partial charge is 0.497 e. The molecule has 2 aliphatic rings. The third-order valence-corrected chi connectivity index (χ3v) is 10.3. The Hall–Kier alpha value is -5.33. The van der Waals surface area contributed by atoms with E-state index in [4.69, 9.17) is 16.0 Å². The Labute approximate surface area is 264 Å². The van der Waals surface area contributed by atoms with Crippen LogP contribution in [0.15, 0.2) is 115 Å². The maximum Gasteiger partial charge on any atom is 0.187 e. The van der Waals surface area contributed by atoms with Gasteiger partial charge in [0, 0.05) is 27.5 Å². The molecule has 0 N–H and O–H groups in total. The van der Waals surface area contributed by atoms with Gasteiger partial charge in [0.1, 0.15) is 11.5 Å². The quantitative estimate of drug-likeness (QED) is 0.188. The third kappa shape index (κ3) is 3.76. The van der Waals surface area contributed by atoms with Gasteiger partial charge < -0.3 is 9.47 Å². The Bertz CT molecular complexity index is 2220. The fourth-order valence-electron chi connectivity index (χ4n) is 7.94. The highest BCUT2D eigenvalue weighted by atomic mass is 16.5. The second-order valence-corrected chi connectivity index (χ2v) is 12.1. The maximum atomic E-state index is 7.76. The Balaban J connectivity index is 1.45. The molecule has 1 aliphatic carbocycles. The summed E-state index contributed by atoms with van der Waals surface area (Å²) in [7, 11) is 1.70. The molecule has 1 heterocycles. The highest BCUT2D eigenvalue weighted by molar-refractivity contribution is 6.08. The van der Waals surface area contributed by atoms with Crippen LogP contribution in [0.4, 0.5) is 5.69 Å². The summed E-state index contributed by atoms with van der Waals surface area (Å²) >= 11 is 0. The summed E-state index contributed by atoms with van der Waals surface area (Å²) in [5.41, 5.74) is 7.92. The van der Waals surface area contributed by atoms with Crippen LogP contribution in [-0.4, -0.2) is 7.11 Å². The molecule has 1 atom stereocenters. The van der Waals surface area contributed by atoms with Crippen molar-refractivity contribution in [3.63, 3.8) is 0 Å². The first-order chi connectivity index (χ1) is 22.1. The first kappa shape index (κ1) is 27.2. The van der Waals surface area contributed by atoms with Gasteiger partial charge in [-0.2, -0.15) is 0 Å². The minimum absolute atomic E-state index is 0.226. The molecule has 0 bridgehead atoms. The van der Waals surface area contributed by atoms with Crippen LogP contribution in [0.1, 0.15) is 54.5 Å². The van der Waals surface area contributed by atoms with Crippen LogP contribution >= 0.6 is 0 Å². The van der Waals surface area contributed by atoms with E-state index in [1.807, 2.05) is 18.2 Å². The summed E-state index contributed by atoms with van der Waals surface area (Å²) in [5, 5.41) is 4.65. The van der Waals surface area contributed by atoms with Crippen molar-refractivity contribution in [3.05, 3.63) is 155 Å². The molecule has 0 aromatic heterocycles. The topological polar surface area (TPSA) is 22.8 Å². The Morgan fingerprint density at radius 3 is 2.20 bits per heavy atom. The van der Waals surface area contributed by atoms with E-state index in [2.05, 4.69) is 122 Å². The molecule has 0 spiro atoms. The van der Waals surface area contributed by atoms with Crippen molar-refractivity contribution < 1.29 is 9.47 Å². The summed E-state index contributed by atoms with van der Waals surface area (Å²) in [5.74, 6) is 1.71. The average Bonchev–Trinajstić information content (AvgIpc) is 3.41. The molecule has 1 aliphatic heterocycles. The van der Waals surface area contributed by atoms with Gasteiger partial charge in [-0.3, -0.25) is 0 Å². The van der Waals surface area contributed by atoms with Gasteiger partial charge in [0.15, 0.2) is 11.3 Å². The van der Waals surface area contributed by atoms with Gasteiger partial charge in [-0.05, 0) is 75.5 Å². The first-order valence-corrected chi connectivity index (χ1v) is 15.7. The van der Waals surface area contributed by atoms with Gasteiger partial charge in [0.05, 0.1) is 13.7 Å². The van der Waals surface area contributed by atoms with Crippen LogP contribution in [0, 0.1) is 6.57 Å². The van der Waals surface area contributed by atoms with E-state index >= 15 is 0 Å². The fourth-order valence-corrected chi connectivity index (χ4v) is 7.94. The second kappa shape index (κ2) is 10.1. The number of hydrogen-bond donors (Lipinski definition) is 0. The van der Waals surface area contributed by atoms with Crippen LogP contribution < -0.4 is 9.47 Å². The van der Waals surface area contributed by atoms with Crippen molar-refractivity contribution in [3.8, 4) is 22.6 Å². The fraction of sp³-hybridized carbons (Fsp3) is 0.167. The van der Waals surface area contributed by atoms with Gasteiger partial charge in [0.2, 0.25) is 0 Å². The van der Waals surface area contributed by atoms with Crippen LogP contribution in [0.2, 0.25) is 0 Å². The van der Waals surface area contributed by atoms with Crippen molar-refractivity contribution in [1.29, 1.82) is 0 Å². The molecular formula is C42H33NO2. The first-order valence-electron chi connectivity index (χ1n) is 15.7. The molecule has 0 saturated carbocycles. The molecule has 6 aromatic carbocycles. The zero-order chi connectivity index (χ0) is 30.8. The SMILES string of the molecule is [C-]#[N+]c1ccc2c(c1)C(CC)(CC)c1c3c(c4ccccc4c1-2)OC(c1ccc(OC)cc1)(c1ccc2ccccc2c1)C=C3. The Morgan fingerprint density at radius 2 is 1.47 bits per heavy atom. The summed E-state index contributed by atoms with van der Waals surface area (Å²) in [6.45, 7) is 12.3. The van der Waals surface area contributed by atoms with Gasteiger partial charge in [-0.25, -0.2) is 4.85 Å². The maximum absolute atomic E-state index is 7.76. The van der Waals surface area contributed by atoms with E-state index in [1.54, 1.807) is 7.11 Å². The minimum Gasteiger partial charge on any atom is -0.497 e. The lowest BCUT2D eigenvalue weighted by Crippen LogP contribution is -2.35. The number of methoxy groups -OCH3 is 1. The number of benzene rings is 6. The molecular weight excluding hydrogens is 550 g/mol. The second-order valence-electron chi connectivity index (χ2n) is 12.1. The van der Waals surface area contributed by atoms with E-state index < -0.39 is 5.60 Å². The number of hydrogen-bond acceptors (Lipinski definition) is 2. The molecule has 0 saturated heterocycles.